The van der Waals surface area contributed by atoms with Gasteiger partial charge in [0.25, 0.3) is 0 Å². The summed E-state index contributed by atoms with van der Waals surface area (Å²) in [6, 6.07) is 0. The molecule has 0 bridgehead atoms. The lowest BCUT2D eigenvalue weighted by molar-refractivity contribution is 0.410. The highest BCUT2D eigenvalue weighted by Crippen LogP contribution is 2.14. The fourth-order valence-electron chi connectivity index (χ4n) is 2.55. The molecular weight excluding hydrogens is 326 g/mol. The molecule has 0 saturated carbocycles. The summed E-state index contributed by atoms with van der Waals surface area (Å²) in [5.41, 5.74) is 1.44. The summed E-state index contributed by atoms with van der Waals surface area (Å²) in [5.74, 6) is 0. The van der Waals surface area contributed by atoms with Gasteiger partial charge in [0.15, 0.2) is 0 Å². The quantitative estimate of drug-likeness (QED) is 0.190. The van der Waals surface area contributed by atoms with E-state index in [1.807, 2.05) is 6.08 Å². The van der Waals surface area contributed by atoms with Crippen molar-refractivity contribution < 1.29 is 0 Å². The molecule has 1 heteroatoms. The van der Waals surface area contributed by atoms with Gasteiger partial charge in [-0.2, -0.15) is 0 Å². The number of hydrogen-bond donors (Lipinski definition) is 0. The van der Waals surface area contributed by atoms with Gasteiger partial charge in [-0.1, -0.05) is 117 Å². The zero-order valence-electron chi connectivity index (χ0n) is 20.3. The minimum Gasteiger partial charge on any atom is -0.309 e. The van der Waals surface area contributed by atoms with Crippen LogP contribution >= 0.6 is 0 Å². The van der Waals surface area contributed by atoms with Crippen molar-refractivity contribution in [3.8, 4) is 0 Å². The van der Waals surface area contributed by atoms with Crippen LogP contribution in [0.4, 0.5) is 0 Å². The van der Waals surface area contributed by atoms with Crippen LogP contribution in [0.2, 0.25) is 0 Å². The number of rotatable bonds is 16. The second kappa shape index (κ2) is 30.2. The molecular formula is C26H55N. The summed E-state index contributed by atoms with van der Waals surface area (Å²) in [7, 11) is 4.27. The van der Waals surface area contributed by atoms with Gasteiger partial charge >= 0.3 is 0 Å². The first-order valence-electron chi connectivity index (χ1n) is 11.9. The second-order valence-corrected chi connectivity index (χ2v) is 7.99. The molecule has 0 fully saturated rings. The maximum atomic E-state index is 4.18. The average molecular weight is 382 g/mol. The molecule has 0 aliphatic carbocycles. The van der Waals surface area contributed by atoms with E-state index >= 15 is 0 Å². The predicted molar refractivity (Wildman–Crippen MR) is 130 cm³/mol. The fraction of sp³-hybridized carbons (Fsp3) is 0.846. The third-order valence-corrected chi connectivity index (χ3v) is 4.34. The summed E-state index contributed by atoms with van der Waals surface area (Å²) in [4.78, 5) is 2.24. The van der Waals surface area contributed by atoms with E-state index in [-0.39, 0.29) is 0 Å². The summed E-state index contributed by atoms with van der Waals surface area (Å²) in [6.45, 7) is 17.4. The van der Waals surface area contributed by atoms with Crippen molar-refractivity contribution in [1.82, 2.24) is 4.90 Å². The molecule has 164 valence electrons. The highest BCUT2D eigenvalue weighted by molar-refractivity contribution is 4.94. The zero-order valence-corrected chi connectivity index (χ0v) is 20.3. The fourth-order valence-corrected chi connectivity index (χ4v) is 2.55. The highest BCUT2D eigenvalue weighted by atomic mass is 15.0. The van der Waals surface area contributed by atoms with Crippen LogP contribution in [0, 0.1) is 0 Å². The Morgan fingerprint density at radius 3 is 1.41 bits per heavy atom. The van der Waals surface area contributed by atoms with E-state index in [0.29, 0.717) is 0 Å². The SMILES string of the molecule is C=C(CCCCCCCCCCCCC)CCN(C)C.C=CCC.CCC. The van der Waals surface area contributed by atoms with Gasteiger partial charge in [0.05, 0.1) is 0 Å². The third-order valence-electron chi connectivity index (χ3n) is 4.34. The van der Waals surface area contributed by atoms with Crippen molar-refractivity contribution in [3.63, 3.8) is 0 Å². The van der Waals surface area contributed by atoms with E-state index in [4.69, 9.17) is 0 Å². The molecule has 0 aromatic rings. The first-order valence-corrected chi connectivity index (χ1v) is 11.9. The van der Waals surface area contributed by atoms with E-state index in [1.165, 1.54) is 95.5 Å². The molecule has 0 spiro atoms. The monoisotopic (exact) mass is 381 g/mol. The van der Waals surface area contributed by atoms with E-state index < -0.39 is 0 Å². The van der Waals surface area contributed by atoms with Crippen LogP contribution in [0.15, 0.2) is 24.8 Å². The second-order valence-electron chi connectivity index (χ2n) is 7.99. The van der Waals surface area contributed by atoms with Crippen LogP contribution in [0.25, 0.3) is 0 Å². The molecule has 0 aromatic carbocycles. The minimum absolute atomic E-state index is 1.08. The molecule has 0 rings (SSSR count). The molecule has 1 nitrogen and oxygen atoms in total. The molecule has 27 heavy (non-hydrogen) atoms. The molecule has 0 heterocycles. The molecule has 0 aliphatic heterocycles. The standard InChI is InChI=1S/C19H39N.C4H8.C3H8/c1-5-6-7-8-9-10-11-12-13-14-15-16-19(2)17-18-20(3)4;1-3-4-2;1-3-2/h2,5-18H2,1,3-4H3;3H,1,4H2,2H3;3H2,1-2H3. The topological polar surface area (TPSA) is 3.24 Å². The summed E-state index contributed by atoms with van der Waals surface area (Å²) < 4.78 is 0. The van der Waals surface area contributed by atoms with Crippen LogP contribution in [0.3, 0.4) is 0 Å². The molecule has 0 unspecified atom stereocenters. The van der Waals surface area contributed by atoms with Gasteiger partial charge < -0.3 is 4.90 Å². The molecule has 0 N–H and O–H groups in total. The van der Waals surface area contributed by atoms with Crippen molar-refractivity contribution in [3.05, 3.63) is 24.8 Å². The number of unbranched alkanes of at least 4 members (excludes halogenated alkanes) is 10. The Kier molecular flexibility index (Phi) is 34.8. The number of allylic oxidation sites excluding steroid dienone is 1. The Labute approximate surface area is 174 Å². The maximum Gasteiger partial charge on any atom is 0.00124 e. The van der Waals surface area contributed by atoms with Crippen LogP contribution in [-0.2, 0) is 0 Å². The molecule has 0 aliphatic rings. The van der Waals surface area contributed by atoms with Crippen LogP contribution < -0.4 is 0 Å². The Morgan fingerprint density at radius 2 is 1.07 bits per heavy atom. The zero-order chi connectivity index (χ0) is 21.2. The van der Waals surface area contributed by atoms with E-state index in [0.717, 1.165) is 13.0 Å². The van der Waals surface area contributed by atoms with E-state index in [2.05, 4.69) is 59.8 Å². The van der Waals surface area contributed by atoms with Crippen molar-refractivity contribution in [1.29, 1.82) is 0 Å². The molecule has 0 saturated heterocycles. The van der Waals surface area contributed by atoms with Crippen LogP contribution in [-0.4, -0.2) is 25.5 Å². The van der Waals surface area contributed by atoms with Gasteiger partial charge in [-0.05, 0) is 39.8 Å². The number of hydrogen-bond acceptors (Lipinski definition) is 1. The van der Waals surface area contributed by atoms with Crippen LogP contribution in [0.1, 0.15) is 124 Å². The largest absolute Gasteiger partial charge is 0.309 e. The third kappa shape index (κ3) is 41.1. The average Bonchev–Trinajstić information content (AvgIpc) is 2.65. The normalized spacial score (nSPS) is 9.89. The summed E-state index contributed by atoms with van der Waals surface area (Å²) in [5, 5.41) is 0. The maximum absolute atomic E-state index is 4.18. The summed E-state index contributed by atoms with van der Waals surface area (Å²) >= 11 is 0. The smallest absolute Gasteiger partial charge is 0.00124 e. The lowest BCUT2D eigenvalue weighted by atomic mass is 10.0. The van der Waals surface area contributed by atoms with Gasteiger partial charge in [-0.15, -0.1) is 6.58 Å². The highest BCUT2D eigenvalue weighted by Gasteiger charge is 1.97. The van der Waals surface area contributed by atoms with Crippen LogP contribution in [0.5, 0.6) is 0 Å². The van der Waals surface area contributed by atoms with Gasteiger partial charge in [0.1, 0.15) is 0 Å². The first-order chi connectivity index (χ1) is 13.0. The number of nitrogens with zero attached hydrogens (tertiary/aromatic N) is 1. The molecule has 0 aromatic heterocycles. The molecule has 0 radical (unpaired) electrons. The minimum atomic E-state index is 1.08. The van der Waals surface area contributed by atoms with E-state index in [9.17, 15) is 0 Å². The molecule has 0 amide bonds. The van der Waals surface area contributed by atoms with Gasteiger partial charge in [0, 0.05) is 6.54 Å². The van der Waals surface area contributed by atoms with Gasteiger partial charge in [0.2, 0.25) is 0 Å². The van der Waals surface area contributed by atoms with Gasteiger partial charge in [-0.3, -0.25) is 0 Å². The first kappa shape index (κ1) is 31.1. The molecule has 0 atom stereocenters. The lowest BCUT2D eigenvalue weighted by Crippen LogP contribution is -2.13. The lowest BCUT2D eigenvalue weighted by Gasteiger charge is -2.11. The van der Waals surface area contributed by atoms with Crippen molar-refractivity contribution in [2.75, 3.05) is 20.6 Å². The van der Waals surface area contributed by atoms with Crippen molar-refractivity contribution >= 4 is 0 Å². The summed E-state index contributed by atoms with van der Waals surface area (Å²) in [6.07, 6.45) is 22.3. The van der Waals surface area contributed by atoms with Gasteiger partial charge in [-0.25, -0.2) is 0 Å². The Hall–Kier alpha value is -0.560. The Morgan fingerprint density at radius 1 is 0.704 bits per heavy atom. The van der Waals surface area contributed by atoms with Crippen molar-refractivity contribution in [2.24, 2.45) is 0 Å². The predicted octanol–water partition coefficient (Wildman–Crippen LogP) is 9.19. The Balaban J connectivity index is -0.000000703. The van der Waals surface area contributed by atoms with Crippen molar-refractivity contribution in [2.45, 2.75) is 124 Å². The van der Waals surface area contributed by atoms with E-state index in [1.54, 1.807) is 0 Å². The Bertz CT molecular complexity index is 267.